The van der Waals surface area contributed by atoms with E-state index >= 15 is 0 Å². The van der Waals surface area contributed by atoms with Crippen LogP contribution in [-0.4, -0.2) is 29.2 Å². The lowest BCUT2D eigenvalue weighted by molar-refractivity contribution is 0.0765. The van der Waals surface area contributed by atoms with Crippen molar-refractivity contribution in [2.24, 2.45) is 0 Å². The summed E-state index contributed by atoms with van der Waals surface area (Å²) >= 11 is 5.61. The van der Waals surface area contributed by atoms with E-state index in [2.05, 4.69) is 38.5 Å². The van der Waals surface area contributed by atoms with Crippen LogP contribution in [0, 0.1) is 3.57 Å². The van der Waals surface area contributed by atoms with Crippen LogP contribution in [0.4, 0.5) is 0 Å². The van der Waals surface area contributed by atoms with E-state index < -0.39 is 0 Å². The molecule has 0 aliphatic rings. The molecular weight excluding hydrogens is 381 g/mol. The van der Waals surface area contributed by atoms with Gasteiger partial charge in [0.05, 0.1) is 0 Å². The van der Waals surface area contributed by atoms with Crippen molar-refractivity contribution in [2.45, 2.75) is 13.3 Å². The van der Waals surface area contributed by atoms with Crippen molar-refractivity contribution in [3.05, 3.63) is 33.4 Å². The van der Waals surface area contributed by atoms with E-state index in [1.54, 1.807) is 0 Å². The van der Waals surface area contributed by atoms with E-state index in [9.17, 15) is 4.79 Å². The molecule has 1 amide bonds. The summed E-state index contributed by atoms with van der Waals surface area (Å²) in [4.78, 5) is 14.0. The first-order chi connectivity index (χ1) is 7.69. The molecule has 0 atom stereocenters. The molecule has 1 aromatic carbocycles. The maximum absolute atomic E-state index is 12.1. The Morgan fingerprint density at radius 2 is 2.25 bits per heavy atom. The van der Waals surface area contributed by atoms with Gasteiger partial charge in [-0.05, 0) is 54.1 Å². The van der Waals surface area contributed by atoms with Crippen molar-refractivity contribution in [3.8, 4) is 0 Å². The zero-order valence-electron chi connectivity index (χ0n) is 9.25. The number of benzene rings is 1. The van der Waals surface area contributed by atoms with Gasteiger partial charge in [0.25, 0.3) is 5.91 Å². The molecule has 0 bridgehead atoms. The molecule has 88 valence electrons. The molecule has 0 saturated heterocycles. The maximum Gasteiger partial charge on any atom is 0.253 e. The summed E-state index contributed by atoms with van der Waals surface area (Å²) in [6.45, 7) is 3.59. The Morgan fingerprint density at radius 1 is 1.50 bits per heavy atom. The molecule has 1 rings (SSSR count). The van der Waals surface area contributed by atoms with E-state index in [4.69, 9.17) is 0 Å². The molecule has 0 aliphatic heterocycles. The second kappa shape index (κ2) is 7.27. The Morgan fingerprint density at radius 3 is 2.81 bits per heavy atom. The number of hydrogen-bond donors (Lipinski definition) is 0. The molecule has 0 heterocycles. The van der Waals surface area contributed by atoms with Crippen LogP contribution >= 0.6 is 38.5 Å². The fourth-order valence-electron chi connectivity index (χ4n) is 1.46. The van der Waals surface area contributed by atoms with Crippen molar-refractivity contribution in [1.82, 2.24) is 4.90 Å². The SMILES string of the molecule is CCN(CCCBr)C(=O)c1cccc(I)c1. The number of hydrogen-bond acceptors (Lipinski definition) is 1. The lowest BCUT2D eigenvalue weighted by Crippen LogP contribution is -2.32. The van der Waals surface area contributed by atoms with Crippen molar-refractivity contribution in [1.29, 1.82) is 0 Å². The Bertz CT molecular complexity index is 357. The molecule has 0 N–H and O–H groups in total. The van der Waals surface area contributed by atoms with Gasteiger partial charge < -0.3 is 4.90 Å². The first-order valence-electron chi connectivity index (χ1n) is 5.29. The van der Waals surface area contributed by atoms with Crippen molar-refractivity contribution >= 4 is 44.4 Å². The molecule has 0 spiro atoms. The Labute approximate surface area is 119 Å². The van der Waals surface area contributed by atoms with Gasteiger partial charge in [-0.3, -0.25) is 4.79 Å². The van der Waals surface area contributed by atoms with E-state index in [1.807, 2.05) is 36.1 Å². The zero-order valence-corrected chi connectivity index (χ0v) is 13.0. The molecule has 0 saturated carbocycles. The highest BCUT2D eigenvalue weighted by molar-refractivity contribution is 14.1. The standard InChI is InChI=1S/C12H15BrINO/c1-2-15(8-4-7-13)12(16)10-5-3-6-11(14)9-10/h3,5-6,9H,2,4,7-8H2,1H3. The van der Waals surface area contributed by atoms with E-state index in [1.165, 1.54) is 0 Å². The van der Waals surface area contributed by atoms with Gasteiger partial charge in [-0.25, -0.2) is 0 Å². The van der Waals surface area contributed by atoms with E-state index in [0.29, 0.717) is 0 Å². The second-order valence-corrected chi connectivity index (χ2v) is 5.48. The highest BCUT2D eigenvalue weighted by atomic mass is 127. The van der Waals surface area contributed by atoms with Gasteiger partial charge in [0.2, 0.25) is 0 Å². The largest absolute Gasteiger partial charge is 0.339 e. The first-order valence-corrected chi connectivity index (χ1v) is 7.50. The number of nitrogens with zero attached hydrogens (tertiary/aromatic N) is 1. The Kier molecular flexibility index (Phi) is 6.34. The number of alkyl halides is 1. The smallest absolute Gasteiger partial charge is 0.253 e. The van der Waals surface area contributed by atoms with Gasteiger partial charge in [0, 0.05) is 27.6 Å². The van der Waals surface area contributed by atoms with Crippen LogP contribution in [0.25, 0.3) is 0 Å². The highest BCUT2D eigenvalue weighted by Gasteiger charge is 2.13. The van der Waals surface area contributed by atoms with Gasteiger partial charge in [0.15, 0.2) is 0 Å². The lowest BCUT2D eigenvalue weighted by atomic mass is 10.2. The topological polar surface area (TPSA) is 20.3 Å². The molecule has 0 aliphatic carbocycles. The van der Waals surface area contributed by atoms with E-state index in [-0.39, 0.29) is 5.91 Å². The molecule has 1 aromatic rings. The molecule has 4 heteroatoms. The van der Waals surface area contributed by atoms with Crippen LogP contribution in [0.2, 0.25) is 0 Å². The first kappa shape index (κ1) is 14.0. The Hall–Kier alpha value is -0.100. The van der Waals surface area contributed by atoms with Crippen molar-refractivity contribution in [2.75, 3.05) is 18.4 Å². The highest BCUT2D eigenvalue weighted by Crippen LogP contribution is 2.10. The average Bonchev–Trinajstić information content (AvgIpc) is 2.29. The summed E-state index contributed by atoms with van der Waals surface area (Å²) < 4.78 is 1.10. The molecular formula is C12H15BrINO. The molecule has 0 unspecified atom stereocenters. The summed E-state index contributed by atoms with van der Waals surface area (Å²) in [5, 5.41) is 0.934. The van der Waals surface area contributed by atoms with Crippen LogP contribution in [0.5, 0.6) is 0 Å². The van der Waals surface area contributed by atoms with Gasteiger partial charge in [-0.2, -0.15) is 0 Å². The Balaban J connectivity index is 2.74. The number of amides is 1. The molecule has 16 heavy (non-hydrogen) atoms. The summed E-state index contributed by atoms with van der Waals surface area (Å²) in [5.41, 5.74) is 0.781. The monoisotopic (exact) mass is 395 g/mol. The van der Waals surface area contributed by atoms with Crippen LogP contribution in [0.15, 0.2) is 24.3 Å². The second-order valence-electron chi connectivity index (χ2n) is 3.44. The lowest BCUT2D eigenvalue weighted by Gasteiger charge is -2.20. The number of carbonyl (C=O) groups excluding carboxylic acids is 1. The van der Waals surface area contributed by atoms with E-state index in [0.717, 1.165) is 34.0 Å². The number of halogens is 2. The van der Waals surface area contributed by atoms with Gasteiger partial charge in [-0.15, -0.1) is 0 Å². The number of rotatable bonds is 5. The minimum absolute atomic E-state index is 0.127. The molecule has 2 nitrogen and oxygen atoms in total. The van der Waals surface area contributed by atoms with Gasteiger partial charge in [0.1, 0.15) is 0 Å². The van der Waals surface area contributed by atoms with Crippen LogP contribution in [-0.2, 0) is 0 Å². The maximum atomic E-state index is 12.1. The van der Waals surface area contributed by atoms with Crippen LogP contribution < -0.4 is 0 Å². The van der Waals surface area contributed by atoms with Gasteiger partial charge in [-0.1, -0.05) is 22.0 Å². The van der Waals surface area contributed by atoms with Crippen molar-refractivity contribution < 1.29 is 4.79 Å². The minimum atomic E-state index is 0.127. The average molecular weight is 396 g/mol. The number of carbonyl (C=O) groups is 1. The predicted molar refractivity (Wildman–Crippen MR) is 79.1 cm³/mol. The summed E-state index contributed by atoms with van der Waals surface area (Å²) in [5.74, 6) is 0.127. The molecule has 0 aromatic heterocycles. The third-order valence-electron chi connectivity index (χ3n) is 2.30. The fourth-order valence-corrected chi connectivity index (χ4v) is 2.25. The fraction of sp³-hybridized carbons (Fsp3) is 0.417. The van der Waals surface area contributed by atoms with Crippen LogP contribution in [0.1, 0.15) is 23.7 Å². The summed E-state index contributed by atoms with van der Waals surface area (Å²) in [6.07, 6.45) is 0.990. The predicted octanol–water partition coefficient (Wildman–Crippen LogP) is 3.54. The zero-order chi connectivity index (χ0) is 12.0. The van der Waals surface area contributed by atoms with Crippen molar-refractivity contribution in [3.63, 3.8) is 0 Å². The third-order valence-corrected chi connectivity index (χ3v) is 3.53. The quantitative estimate of drug-likeness (QED) is 0.551. The van der Waals surface area contributed by atoms with Crippen LogP contribution in [0.3, 0.4) is 0 Å². The normalized spacial score (nSPS) is 10.2. The molecule has 0 radical (unpaired) electrons. The molecule has 0 fully saturated rings. The minimum Gasteiger partial charge on any atom is -0.339 e. The summed E-state index contributed by atoms with van der Waals surface area (Å²) in [6, 6.07) is 7.72. The van der Waals surface area contributed by atoms with Gasteiger partial charge >= 0.3 is 0 Å². The summed E-state index contributed by atoms with van der Waals surface area (Å²) in [7, 11) is 0. The third kappa shape index (κ3) is 4.05.